The van der Waals surface area contributed by atoms with Gasteiger partial charge in [-0.25, -0.2) is 4.79 Å². The minimum Gasteiger partial charge on any atom is -0.464 e. The number of hydrogen-bond acceptors (Lipinski definition) is 4. The van der Waals surface area contributed by atoms with E-state index in [1.165, 1.54) is 7.11 Å². The standard InChI is InChI=1S/C19H14N4O2/c1-25-19(24)18-17(21)12(10-20)11-23(18)16-6-2-5-15-14(16)8-7-13-4-3-9-22(13)15/h2-9,11H,21H2,1H3. The van der Waals surface area contributed by atoms with E-state index < -0.39 is 5.97 Å². The van der Waals surface area contributed by atoms with Gasteiger partial charge in [0.2, 0.25) is 0 Å². The third-order valence-electron chi connectivity index (χ3n) is 4.32. The number of methoxy groups -OCH3 is 1. The Morgan fingerprint density at radius 1 is 1.20 bits per heavy atom. The van der Waals surface area contributed by atoms with Crippen LogP contribution < -0.4 is 5.73 Å². The number of nitriles is 1. The molecule has 1 aromatic carbocycles. The second-order valence-corrected chi connectivity index (χ2v) is 5.62. The van der Waals surface area contributed by atoms with Gasteiger partial charge in [0.1, 0.15) is 6.07 Å². The summed E-state index contributed by atoms with van der Waals surface area (Å²) >= 11 is 0. The number of carbonyl (C=O) groups is 1. The van der Waals surface area contributed by atoms with Crippen LogP contribution in [0.5, 0.6) is 0 Å². The molecule has 3 heterocycles. The highest BCUT2D eigenvalue weighted by Gasteiger charge is 2.22. The Kier molecular flexibility index (Phi) is 3.22. The van der Waals surface area contributed by atoms with Gasteiger partial charge in [0.15, 0.2) is 5.69 Å². The van der Waals surface area contributed by atoms with Crippen molar-refractivity contribution in [2.45, 2.75) is 0 Å². The zero-order chi connectivity index (χ0) is 17.6. The van der Waals surface area contributed by atoms with Gasteiger partial charge in [-0.2, -0.15) is 5.26 Å². The Labute approximate surface area is 143 Å². The first-order valence-corrected chi connectivity index (χ1v) is 7.64. The zero-order valence-electron chi connectivity index (χ0n) is 13.4. The molecule has 0 amide bonds. The summed E-state index contributed by atoms with van der Waals surface area (Å²) in [6, 6.07) is 15.8. The van der Waals surface area contributed by atoms with E-state index in [4.69, 9.17) is 10.5 Å². The molecule has 0 unspecified atom stereocenters. The fraction of sp³-hybridized carbons (Fsp3) is 0.0526. The van der Waals surface area contributed by atoms with Crippen LogP contribution in [0.15, 0.2) is 54.9 Å². The van der Waals surface area contributed by atoms with Crippen LogP contribution in [0.25, 0.3) is 22.1 Å². The van der Waals surface area contributed by atoms with E-state index in [1.807, 2.05) is 54.7 Å². The maximum Gasteiger partial charge on any atom is 0.357 e. The van der Waals surface area contributed by atoms with Gasteiger partial charge >= 0.3 is 5.97 Å². The number of fused-ring (bicyclic) bond motifs is 3. The molecule has 0 spiro atoms. The van der Waals surface area contributed by atoms with Crippen LogP contribution in [0.4, 0.5) is 5.69 Å². The summed E-state index contributed by atoms with van der Waals surface area (Å²) in [4.78, 5) is 12.2. The smallest absolute Gasteiger partial charge is 0.357 e. The minimum atomic E-state index is -0.585. The average Bonchev–Trinajstić information content (AvgIpc) is 3.24. The van der Waals surface area contributed by atoms with E-state index in [0.29, 0.717) is 0 Å². The monoisotopic (exact) mass is 330 g/mol. The predicted octanol–water partition coefficient (Wildman–Crippen LogP) is 3.12. The van der Waals surface area contributed by atoms with E-state index in [0.717, 1.165) is 22.1 Å². The van der Waals surface area contributed by atoms with Crippen molar-refractivity contribution in [2.24, 2.45) is 0 Å². The number of carbonyl (C=O) groups excluding carboxylic acids is 1. The number of ether oxygens (including phenoxy) is 1. The van der Waals surface area contributed by atoms with E-state index in [9.17, 15) is 10.1 Å². The number of rotatable bonds is 2. The lowest BCUT2D eigenvalue weighted by Crippen LogP contribution is -2.11. The van der Waals surface area contributed by atoms with Gasteiger partial charge in [-0.1, -0.05) is 6.07 Å². The summed E-state index contributed by atoms with van der Waals surface area (Å²) < 4.78 is 8.54. The third-order valence-corrected chi connectivity index (χ3v) is 4.32. The molecule has 2 N–H and O–H groups in total. The van der Waals surface area contributed by atoms with Crippen LogP contribution in [0, 0.1) is 11.3 Å². The summed E-state index contributed by atoms with van der Waals surface area (Å²) in [5.41, 5.74) is 9.31. The molecule has 0 aliphatic heterocycles. The molecule has 0 saturated carbocycles. The summed E-state index contributed by atoms with van der Waals surface area (Å²) in [6.45, 7) is 0. The van der Waals surface area contributed by atoms with Crippen molar-refractivity contribution in [3.8, 4) is 11.8 Å². The summed E-state index contributed by atoms with van der Waals surface area (Å²) in [6.07, 6.45) is 3.55. The molecule has 3 aromatic heterocycles. The number of hydrogen-bond donors (Lipinski definition) is 1. The van der Waals surface area contributed by atoms with Crippen LogP contribution in [0.2, 0.25) is 0 Å². The highest BCUT2D eigenvalue weighted by atomic mass is 16.5. The number of nitrogens with zero attached hydrogens (tertiary/aromatic N) is 3. The Balaban J connectivity index is 2.09. The number of esters is 1. The molecule has 0 bridgehead atoms. The van der Waals surface area contributed by atoms with Crippen LogP contribution in [-0.4, -0.2) is 22.0 Å². The van der Waals surface area contributed by atoms with Crippen molar-refractivity contribution in [1.29, 1.82) is 5.26 Å². The Morgan fingerprint density at radius 3 is 2.80 bits per heavy atom. The molecule has 4 aromatic rings. The lowest BCUT2D eigenvalue weighted by atomic mass is 10.1. The molecule has 122 valence electrons. The number of benzene rings is 1. The molecule has 0 aliphatic rings. The summed E-state index contributed by atoms with van der Waals surface area (Å²) in [7, 11) is 1.29. The number of aromatic nitrogens is 2. The fourth-order valence-electron chi connectivity index (χ4n) is 3.15. The highest BCUT2D eigenvalue weighted by Crippen LogP contribution is 2.29. The summed E-state index contributed by atoms with van der Waals surface area (Å²) in [5, 5.41) is 10.2. The zero-order valence-corrected chi connectivity index (χ0v) is 13.4. The number of pyridine rings is 1. The van der Waals surface area contributed by atoms with Crippen molar-refractivity contribution in [2.75, 3.05) is 12.8 Å². The van der Waals surface area contributed by atoms with Crippen LogP contribution >= 0.6 is 0 Å². The first-order valence-electron chi connectivity index (χ1n) is 7.64. The Bertz CT molecular complexity index is 1180. The topological polar surface area (TPSA) is 85.4 Å². The fourth-order valence-corrected chi connectivity index (χ4v) is 3.15. The Morgan fingerprint density at radius 2 is 2.04 bits per heavy atom. The molecule has 4 rings (SSSR count). The van der Waals surface area contributed by atoms with E-state index in [1.54, 1.807) is 10.8 Å². The maximum atomic E-state index is 12.2. The van der Waals surface area contributed by atoms with Gasteiger partial charge in [0.05, 0.1) is 29.6 Å². The van der Waals surface area contributed by atoms with Crippen molar-refractivity contribution in [3.05, 3.63) is 66.1 Å². The third kappa shape index (κ3) is 2.07. The molecular weight excluding hydrogens is 316 g/mol. The molecule has 25 heavy (non-hydrogen) atoms. The summed E-state index contributed by atoms with van der Waals surface area (Å²) in [5.74, 6) is -0.585. The molecule has 0 radical (unpaired) electrons. The second-order valence-electron chi connectivity index (χ2n) is 5.62. The largest absolute Gasteiger partial charge is 0.464 e. The van der Waals surface area contributed by atoms with Gasteiger partial charge in [-0.05, 0) is 36.4 Å². The average molecular weight is 330 g/mol. The highest BCUT2D eigenvalue weighted by molar-refractivity contribution is 5.98. The van der Waals surface area contributed by atoms with Crippen LogP contribution in [-0.2, 0) is 4.74 Å². The predicted molar refractivity (Wildman–Crippen MR) is 94.7 cm³/mol. The van der Waals surface area contributed by atoms with Crippen molar-refractivity contribution in [3.63, 3.8) is 0 Å². The minimum absolute atomic E-state index is 0.119. The molecule has 6 nitrogen and oxygen atoms in total. The van der Waals surface area contributed by atoms with Gasteiger partial charge < -0.3 is 19.4 Å². The van der Waals surface area contributed by atoms with Gasteiger partial charge in [-0.15, -0.1) is 0 Å². The number of nitrogens with two attached hydrogens (primary N) is 1. The van der Waals surface area contributed by atoms with E-state index in [2.05, 4.69) is 4.40 Å². The molecule has 0 saturated heterocycles. The van der Waals surface area contributed by atoms with Crippen molar-refractivity contribution < 1.29 is 9.53 Å². The van der Waals surface area contributed by atoms with Gasteiger partial charge in [-0.3, -0.25) is 0 Å². The first-order chi connectivity index (χ1) is 12.2. The van der Waals surface area contributed by atoms with Crippen LogP contribution in [0.3, 0.4) is 0 Å². The van der Waals surface area contributed by atoms with Crippen LogP contribution in [0.1, 0.15) is 16.1 Å². The van der Waals surface area contributed by atoms with Crippen molar-refractivity contribution >= 4 is 28.1 Å². The number of nitrogen functional groups attached to an aromatic ring is 1. The molecular formula is C19H14N4O2. The maximum absolute atomic E-state index is 12.2. The number of anilines is 1. The Hall–Kier alpha value is -3.72. The lowest BCUT2D eigenvalue weighted by molar-refractivity contribution is 0.0593. The molecule has 0 atom stereocenters. The first kappa shape index (κ1) is 14.8. The van der Waals surface area contributed by atoms with Gasteiger partial charge in [0.25, 0.3) is 0 Å². The van der Waals surface area contributed by atoms with E-state index >= 15 is 0 Å². The normalized spacial score (nSPS) is 10.9. The lowest BCUT2D eigenvalue weighted by Gasteiger charge is -2.12. The SMILES string of the molecule is COC(=O)c1c(N)c(C#N)cn1-c1cccc2c1ccc1cccn12. The molecule has 6 heteroatoms. The quantitative estimate of drug-likeness (QED) is 0.572. The second kappa shape index (κ2) is 5.42. The van der Waals surface area contributed by atoms with E-state index in [-0.39, 0.29) is 16.9 Å². The molecule has 0 aliphatic carbocycles. The van der Waals surface area contributed by atoms with Crippen molar-refractivity contribution in [1.82, 2.24) is 8.97 Å². The van der Waals surface area contributed by atoms with Gasteiger partial charge in [0, 0.05) is 23.3 Å². The molecule has 0 fully saturated rings.